The van der Waals surface area contributed by atoms with E-state index in [1.165, 1.54) is 41.8 Å². The lowest BCUT2D eigenvalue weighted by molar-refractivity contribution is 0.0564. The molecule has 13 heteroatoms. The van der Waals surface area contributed by atoms with E-state index in [2.05, 4.69) is 15.4 Å². The van der Waals surface area contributed by atoms with E-state index in [1.54, 1.807) is 13.1 Å². The fraction of sp³-hybridized carbons (Fsp3) is 0.304. The number of halogens is 4. The zero-order chi connectivity index (χ0) is 25.4. The van der Waals surface area contributed by atoms with Crippen molar-refractivity contribution in [1.82, 2.24) is 25.0 Å². The molecule has 0 spiro atoms. The highest BCUT2D eigenvalue weighted by Crippen LogP contribution is 2.46. The molecule has 1 fully saturated rings. The number of hydrogen-bond donors (Lipinski definition) is 1. The molecule has 0 bridgehead atoms. The van der Waals surface area contributed by atoms with E-state index in [9.17, 15) is 18.0 Å². The maximum Gasteiger partial charge on any atom is 0.407 e. The van der Waals surface area contributed by atoms with Gasteiger partial charge in [0.15, 0.2) is 10.8 Å². The summed E-state index contributed by atoms with van der Waals surface area (Å²) in [4.78, 5) is 23.4. The quantitative estimate of drug-likeness (QED) is 0.464. The van der Waals surface area contributed by atoms with E-state index in [1.807, 2.05) is 10.3 Å². The van der Waals surface area contributed by atoms with Gasteiger partial charge in [-0.3, -0.25) is 4.99 Å². The molecule has 8 nitrogen and oxygen atoms in total. The summed E-state index contributed by atoms with van der Waals surface area (Å²) in [6, 6.07) is 4.33. The molecule has 0 unspecified atom stereocenters. The maximum absolute atomic E-state index is 13.9. The third kappa shape index (κ3) is 4.58. The van der Waals surface area contributed by atoms with Gasteiger partial charge in [0.25, 0.3) is 0 Å². The summed E-state index contributed by atoms with van der Waals surface area (Å²) in [5.74, 6) is 0.0247. The highest BCUT2D eigenvalue weighted by Gasteiger charge is 2.41. The molecule has 0 saturated carbocycles. The highest BCUT2D eigenvalue weighted by molar-refractivity contribution is 7.11. The first-order valence-corrected chi connectivity index (χ1v) is 12.3. The lowest BCUT2D eigenvalue weighted by atomic mass is 9.92. The van der Waals surface area contributed by atoms with Gasteiger partial charge in [0.1, 0.15) is 11.9 Å². The predicted molar refractivity (Wildman–Crippen MR) is 128 cm³/mol. The van der Waals surface area contributed by atoms with Crippen LogP contribution in [0.5, 0.6) is 0 Å². The van der Waals surface area contributed by atoms with Crippen molar-refractivity contribution in [3.63, 3.8) is 0 Å². The second-order valence-corrected chi connectivity index (χ2v) is 9.36. The summed E-state index contributed by atoms with van der Waals surface area (Å²) in [7, 11) is 0. The van der Waals surface area contributed by atoms with Gasteiger partial charge in [-0.05, 0) is 25.1 Å². The van der Waals surface area contributed by atoms with Gasteiger partial charge in [-0.15, -0.1) is 11.3 Å². The summed E-state index contributed by atoms with van der Waals surface area (Å²) in [6.45, 7) is -0.539. The molecule has 0 radical (unpaired) electrons. The van der Waals surface area contributed by atoms with Crippen molar-refractivity contribution in [3.05, 3.63) is 74.8 Å². The molecule has 0 aliphatic carbocycles. The zero-order valence-corrected chi connectivity index (χ0v) is 20.4. The van der Waals surface area contributed by atoms with E-state index >= 15 is 0 Å². The second-order valence-electron chi connectivity index (χ2n) is 8.05. The normalized spacial score (nSPS) is 19.5. The molecule has 1 N–H and O–H groups in total. The number of carbonyl (C=O) groups excluding carboxylic acids is 1. The van der Waals surface area contributed by atoms with Crippen LogP contribution in [0.4, 0.5) is 18.0 Å². The standard InChI is InChI=1S/C23H20ClF3N6O2S/c1-2-35-23(34)29-13-10-17-18(16-5-7-33(31-16)22(26)27)19(14-4-3-12(25)9-15(14)24)30-20(32(17)11-13)21-28-6-8-36-21/h3-9,13,19,22H,2,10-11H2,1H3,(H,29,34)/t13-,19-/m0/s1. The van der Waals surface area contributed by atoms with Crippen LogP contribution < -0.4 is 5.32 Å². The van der Waals surface area contributed by atoms with Crippen LogP contribution >= 0.6 is 22.9 Å². The van der Waals surface area contributed by atoms with Crippen molar-refractivity contribution in [1.29, 1.82) is 0 Å². The number of rotatable bonds is 6. The minimum absolute atomic E-state index is 0.140. The first-order valence-electron chi connectivity index (χ1n) is 11.1. The molecule has 2 aliphatic heterocycles. The molecule has 2 aromatic heterocycles. The van der Waals surface area contributed by atoms with E-state index in [0.717, 1.165) is 5.70 Å². The molecule has 2 atom stereocenters. The van der Waals surface area contributed by atoms with Gasteiger partial charge in [-0.25, -0.2) is 18.9 Å². The lowest BCUT2D eigenvalue weighted by Gasteiger charge is -2.32. The molecule has 1 aromatic carbocycles. The van der Waals surface area contributed by atoms with Crippen LogP contribution in [0.2, 0.25) is 5.02 Å². The number of fused-ring (bicyclic) bond motifs is 1. The Morgan fingerprint density at radius 3 is 2.86 bits per heavy atom. The Hall–Kier alpha value is -3.38. The van der Waals surface area contributed by atoms with Gasteiger partial charge in [0, 0.05) is 52.6 Å². The maximum atomic E-state index is 13.9. The number of amidine groups is 1. The molecular weight excluding hydrogens is 517 g/mol. The number of alkyl halides is 2. The zero-order valence-electron chi connectivity index (χ0n) is 18.9. The summed E-state index contributed by atoms with van der Waals surface area (Å²) in [5.41, 5.74) is 2.03. The van der Waals surface area contributed by atoms with Gasteiger partial charge in [0.2, 0.25) is 0 Å². The average Bonchev–Trinajstić information content (AvgIpc) is 3.59. The van der Waals surface area contributed by atoms with Crippen molar-refractivity contribution in [2.75, 3.05) is 13.2 Å². The van der Waals surface area contributed by atoms with Gasteiger partial charge in [-0.1, -0.05) is 17.7 Å². The van der Waals surface area contributed by atoms with Gasteiger partial charge in [-0.2, -0.15) is 13.9 Å². The number of amides is 1. The van der Waals surface area contributed by atoms with Crippen LogP contribution in [0, 0.1) is 5.82 Å². The summed E-state index contributed by atoms with van der Waals surface area (Å²) in [5, 5.41) is 9.51. The smallest absolute Gasteiger partial charge is 0.407 e. The minimum Gasteiger partial charge on any atom is -0.450 e. The van der Waals surface area contributed by atoms with Gasteiger partial charge >= 0.3 is 12.6 Å². The molecule has 1 amide bonds. The highest BCUT2D eigenvalue weighted by atomic mass is 35.5. The number of alkyl carbamates (subject to hydrolysis) is 1. The monoisotopic (exact) mass is 536 g/mol. The Morgan fingerprint density at radius 2 is 2.19 bits per heavy atom. The number of aromatic nitrogens is 3. The molecule has 188 valence electrons. The van der Waals surface area contributed by atoms with E-state index < -0.39 is 24.5 Å². The Bertz CT molecular complexity index is 1340. The Labute approximate surface area is 213 Å². The van der Waals surface area contributed by atoms with Crippen molar-refractivity contribution in [2.24, 2.45) is 4.99 Å². The fourth-order valence-corrected chi connectivity index (χ4v) is 5.30. The number of thiazole rings is 1. The van der Waals surface area contributed by atoms with Crippen molar-refractivity contribution < 1.29 is 22.7 Å². The third-order valence-corrected chi connectivity index (χ3v) is 6.92. The Kier molecular flexibility index (Phi) is 6.71. The van der Waals surface area contributed by atoms with Crippen LogP contribution in [-0.2, 0) is 4.74 Å². The largest absolute Gasteiger partial charge is 0.450 e. The average molecular weight is 537 g/mol. The molecule has 4 heterocycles. The van der Waals surface area contributed by atoms with Crippen LogP contribution in [0.1, 0.15) is 42.2 Å². The number of carbonyl (C=O) groups is 1. The number of nitrogens with one attached hydrogen (secondary N) is 1. The second kappa shape index (κ2) is 9.94. The Morgan fingerprint density at radius 1 is 1.36 bits per heavy atom. The molecule has 2 aliphatic rings. The molecular formula is C23H20ClF3N6O2S. The molecule has 1 saturated heterocycles. The summed E-state index contributed by atoms with van der Waals surface area (Å²) >= 11 is 7.82. The summed E-state index contributed by atoms with van der Waals surface area (Å²) < 4.78 is 46.2. The molecule has 5 rings (SSSR count). The molecule has 3 aromatic rings. The SMILES string of the molecule is CCOC(=O)N[C@H]1CC2=C(c3ccn(C(F)F)n3)[C@H](c3ccc(F)cc3Cl)N=C(c3nccs3)N2C1. The topological polar surface area (TPSA) is 84.6 Å². The molecule has 36 heavy (non-hydrogen) atoms. The van der Waals surface area contributed by atoms with Crippen LogP contribution in [0.25, 0.3) is 5.57 Å². The first-order chi connectivity index (χ1) is 17.4. The summed E-state index contributed by atoms with van der Waals surface area (Å²) in [6.07, 6.45) is 2.63. The number of ether oxygens (including phenoxy) is 1. The third-order valence-electron chi connectivity index (χ3n) is 5.82. The van der Waals surface area contributed by atoms with Crippen LogP contribution in [-0.4, -0.2) is 50.8 Å². The Balaban J connectivity index is 1.67. The number of hydrogen-bond acceptors (Lipinski definition) is 7. The number of aliphatic imine (C=N–C) groups is 1. The lowest BCUT2D eigenvalue weighted by Crippen LogP contribution is -2.39. The van der Waals surface area contributed by atoms with Gasteiger partial charge < -0.3 is 15.0 Å². The van der Waals surface area contributed by atoms with Gasteiger partial charge in [0.05, 0.1) is 18.3 Å². The predicted octanol–water partition coefficient (Wildman–Crippen LogP) is 5.26. The van der Waals surface area contributed by atoms with Crippen molar-refractivity contribution in [3.8, 4) is 0 Å². The number of nitrogens with zero attached hydrogens (tertiary/aromatic N) is 5. The number of benzene rings is 1. The van der Waals surface area contributed by atoms with Crippen LogP contribution in [0.3, 0.4) is 0 Å². The van der Waals surface area contributed by atoms with Crippen molar-refractivity contribution in [2.45, 2.75) is 32.0 Å². The minimum atomic E-state index is -2.83. The van der Waals surface area contributed by atoms with E-state index in [-0.39, 0.29) is 23.4 Å². The van der Waals surface area contributed by atoms with Crippen molar-refractivity contribution >= 4 is 40.4 Å². The van der Waals surface area contributed by atoms with E-state index in [0.29, 0.717) is 39.6 Å². The van der Waals surface area contributed by atoms with Crippen LogP contribution in [0.15, 0.2) is 52.7 Å². The fourth-order valence-electron chi connectivity index (χ4n) is 4.39. The van der Waals surface area contributed by atoms with E-state index in [4.69, 9.17) is 21.3 Å². The first kappa shape index (κ1) is 24.3.